The topological polar surface area (TPSA) is 60.4 Å². The largest absolute Gasteiger partial charge is 0.493 e. The van der Waals surface area contributed by atoms with E-state index < -0.39 is 0 Å². The van der Waals surface area contributed by atoms with Crippen molar-refractivity contribution in [2.24, 2.45) is 5.16 Å². The molecule has 0 bridgehead atoms. The lowest BCUT2D eigenvalue weighted by molar-refractivity contribution is -0.136. The van der Waals surface area contributed by atoms with Crippen molar-refractivity contribution in [1.29, 1.82) is 0 Å². The maximum atomic E-state index is 11.9. The summed E-state index contributed by atoms with van der Waals surface area (Å²) in [7, 11) is 3.05. The van der Waals surface area contributed by atoms with E-state index in [1.807, 2.05) is 4.90 Å². The average Bonchev–Trinajstić information content (AvgIpc) is 2.58. The van der Waals surface area contributed by atoms with E-state index in [1.165, 1.54) is 26.9 Å². The van der Waals surface area contributed by atoms with Gasteiger partial charge in [0.2, 0.25) is 0 Å². The molecule has 1 amide bonds. The Morgan fingerprint density at radius 3 is 2.65 bits per heavy atom. The van der Waals surface area contributed by atoms with Crippen LogP contribution in [0.2, 0.25) is 5.02 Å². The van der Waals surface area contributed by atoms with Crippen LogP contribution >= 0.6 is 11.6 Å². The standard InChI is InChI=1S/C16H21ClN2O4/c1-21-14-9-12(8-13(17)16(14)22-2)10-18-23-11-15(20)19-6-4-3-5-7-19/h8-10H,3-7,11H2,1-2H3/b18-10-. The summed E-state index contributed by atoms with van der Waals surface area (Å²) in [6.45, 7) is 1.55. The Bertz CT molecular complexity index is 571. The molecule has 0 saturated carbocycles. The first-order chi connectivity index (χ1) is 11.2. The Hall–Kier alpha value is -1.95. The molecule has 0 spiro atoms. The number of hydrogen-bond acceptors (Lipinski definition) is 5. The normalized spacial score (nSPS) is 14.8. The molecular weight excluding hydrogens is 320 g/mol. The molecule has 0 aromatic heterocycles. The third kappa shape index (κ3) is 4.76. The van der Waals surface area contributed by atoms with Crippen LogP contribution in [0.25, 0.3) is 0 Å². The number of ether oxygens (including phenoxy) is 2. The summed E-state index contributed by atoms with van der Waals surface area (Å²) in [5, 5.41) is 4.24. The molecule has 0 radical (unpaired) electrons. The van der Waals surface area contributed by atoms with Gasteiger partial charge in [0.05, 0.1) is 25.5 Å². The summed E-state index contributed by atoms with van der Waals surface area (Å²) in [6.07, 6.45) is 4.78. The van der Waals surface area contributed by atoms with Crippen molar-refractivity contribution >= 4 is 23.7 Å². The van der Waals surface area contributed by atoms with Crippen molar-refractivity contribution in [2.75, 3.05) is 33.9 Å². The summed E-state index contributed by atoms with van der Waals surface area (Å²) < 4.78 is 10.4. The van der Waals surface area contributed by atoms with Crippen LogP contribution in [0, 0.1) is 0 Å². The second-order valence-corrected chi connectivity index (χ2v) is 5.59. The lowest BCUT2D eigenvalue weighted by Gasteiger charge is -2.25. The first kappa shape index (κ1) is 17.4. The van der Waals surface area contributed by atoms with Crippen molar-refractivity contribution in [3.63, 3.8) is 0 Å². The highest BCUT2D eigenvalue weighted by molar-refractivity contribution is 6.32. The number of carbonyl (C=O) groups excluding carboxylic acids is 1. The first-order valence-corrected chi connectivity index (χ1v) is 7.88. The minimum Gasteiger partial charge on any atom is -0.493 e. The van der Waals surface area contributed by atoms with Crippen LogP contribution in [0.4, 0.5) is 0 Å². The van der Waals surface area contributed by atoms with Gasteiger partial charge in [-0.2, -0.15) is 0 Å². The maximum absolute atomic E-state index is 11.9. The Kier molecular flexibility index (Phi) is 6.52. The second kappa shape index (κ2) is 8.62. The molecule has 1 aliphatic rings. The number of rotatable bonds is 6. The number of methoxy groups -OCH3 is 2. The molecule has 1 aliphatic heterocycles. The summed E-state index contributed by atoms with van der Waals surface area (Å²) >= 11 is 6.11. The summed E-state index contributed by atoms with van der Waals surface area (Å²) in [5.74, 6) is 0.936. The Labute approximate surface area is 140 Å². The number of benzene rings is 1. The average molecular weight is 341 g/mol. The number of amides is 1. The zero-order chi connectivity index (χ0) is 16.7. The van der Waals surface area contributed by atoms with E-state index >= 15 is 0 Å². The fraction of sp³-hybridized carbons (Fsp3) is 0.500. The summed E-state index contributed by atoms with van der Waals surface area (Å²) in [5.41, 5.74) is 0.693. The van der Waals surface area contributed by atoms with E-state index in [-0.39, 0.29) is 12.5 Å². The van der Waals surface area contributed by atoms with E-state index in [0.29, 0.717) is 22.1 Å². The zero-order valence-corrected chi connectivity index (χ0v) is 14.1. The molecule has 23 heavy (non-hydrogen) atoms. The van der Waals surface area contributed by atoms with Gasteiger partial charge in [-0.1, -0.05) is 16.8 Å². The summed E-state index contributed by atoms with van der Waals surface area (Å²) in [6, 6.07) is 3.41. The molecule has 7 heteroatoms. The highest BCUT2D eigenvalue weighted by Gasteiger charge is 2.16. The fourth-order valence-corrected chi connectivity index (χ4v) is 2.73. The molecule has 6 nitrogen and oxygen atoms in total. The van der Waals surface area contributed by atoms with E-state index in [0.717, 1.165) is 25.9 Å². The molecule has 1 aromatic rings. The molecule has 1 saturated heterocycles. The highest BCUT2D eigenvalue weighted by Crippen LogP contribution is 2.35. The van der Waals surface area contributed by atoms with Crippen molar-refractivity contribution < 1.29 is 19.1 Å². The Morgan fingerprint density at radius 1 is 1.26 bits per heavy atom. The number of nitrogens with zero attached hydrogens (tertiary/aromatic N) is 2. The van der Waals surface area contributed by atoms with Crippen LogP contribution in [0.3, 0.4) is 0 Å². The number of piperidine rings is 1. The summed E-state index contributed by atoms with van der Waals surface area (Å²) in [4.78, 5) is 18.8. The number of hydrogen-bond donors (Lipinski definition) is 0. The van der Waals surface area contributed by atoms with Gasteiger partial charge in [-0.05, 0) is 31.4 Å². The van der Waals surface area contributed by atoms with Gasteiger partial charge in [0, 0.05) is 18.7 Å². The van der Waals surface area contributed by atoms with Gasteiger partial charge in [-0.15, -0.1) is 0 Å². The van der Waals surface area contributed by atoms with Crippen molar-refractivity contribution in [1.82, 2.24) is 4.90 Å². The Balaban J connectivity index is 1.90. The van der Waals surface area contributed by atoms with Crippen LogP contribution in [-0.2, 0) is 9.63 Å². The van der Waals surface area contributed by atoms with Gasteiger partial charge < -0.3 is 19.2 Å². The molecule has 0 N–H and O–H groups in total. The molecule has 1 heterocycles. The number of likely N-dealkylation sites (tertiary alicyclic amines) is 1. The van der Waals surface area contributed by atoms with Gasteiger partial charge in [0.1, 0.15) is 0 Å². The van der Waals surface area contributed by atoms with Crippen LogP contribution in [-0.4, -0.2) is 50.9 Å². The number of halogens is 1. The van der Waals surface area contributed by atoms with Gasteiger partial charge >= 0.3 is 0 Å². The van der Waals surface area contributed by atoms with Crippen LogP contribution in [0.1, 0.15) is 24.8 Å². The molecular formula is C16H21ClN2O4. The number of oxime groups is 1. The quantitative estimate of drug-likeness (QED) is 0.590. The predicted molar refractivity (Wildman–Crippen MR) is 88.5 cm³/mol. The van der Waals surface area contributed by atoms with Gasteiger partial charge in [-0.3, -0.25) is 4.79 Å². The maximum Gasteiger partial charge on any atom is 0.263 e. The Morgan fingerprint density at radius 2 is 2.00 bits per heavy atom. The molecule has 2 rings (SSSR count). The molecule has 1 fully saturated rings. The van der Waals surface area contributed by atoms with E-state index in [9.17, 15) is 4.79 Å². The third-order valence-corrected chi connectivity index (χ3v) is 3.91. The van der Waals surface area contributed by atoms with Gasteiger partial charge in [0.25, 0.3) is 5.91 Å². The number of carbonyl (C=O) groups is 1. The smallest absolute Gasteiger partial charge is 0.263 e. The first-order valence-electron chi connectivity index (χ1n) is 7.50. The molecule has 0 unspecified atom stereocenters. The minimum atomic E-state index is -0.0580. The molecule has 0 aliphatic carbocycles. The van der Waals surface area contributed by atoms with E-state index in [1.54, 1.807) is 12.1 Å². The SMILES string of the molecule is COc1cc(/C=N\OCC(=O)N2CCCCC2)cc(Cl)c1OC. The predicted octanol–water partition coefficient (Wildman–Crippen LogP) is 2.72. The monoisotopic (exact) mass is 340 g/mol. The van der Waals surface area contributed by atoms with Crippen molar-refractivity contribution in [3.8, 4) is 11.5 Å². The minimum absolute atomic E-state index is 0.0350. The molecule has 0 atom stereocenters. The fourth-order valence-electron chi connectivity index (χ4n) is 2.44. The lowest BCUT2D eigenvalue weighted by atomic mass is 10.1. The lowest BCUT2D eigenvalue weighted by Crippen LogP contribution is -2.37. The van der Waals surface area contributed by atoms with Crippen LogP contribution in [0.5, 0.6) is 11.5 Å². The highest BCUT2D eigenvalue weighted by atomic mass is 35.5. The van der Waals surface area contributed by atoms with E-state index in [4.69, 9.17) is 25.9 Å². The molecule has 1 aromatic carbocycles. The van der Waals surface area contributed by atoms with Crippen LogP contribution in [0.15, 0.2) is 17.3 Å². The molecule has 126 valence electrons. The second-order valence-electron chi connectivity index (χ2n) is 5.19. The zero-order valence-electron chi connectivity index (χ0n) is 13.4. The van der Waals surface area contributed by atoms with Gasteiger partial charge in [-0.25, -0.2) is 0 Å². The van der Waals surface area contributed by atoms with Crippen LogP contribution < -0.4 is 9.47 Å². The van der Waals surface area contributed by atoms with E-state index in [2.05, 4.69) is 5.16 Å². The van der Waals surface area contributed by atoms with Gasteiger partial charge in [0.15, 0.2) is 18.1 Å². The third-order valence-electron chi connectivity index (χ3n) is 3.63. The van der Waals surface area contributed by atoms with Crippen molar-refractivity contribution in [3.05, 3.63) is 22.7 Å². The van der Waals surface area contributed by atoms with Crippen molar-refractivity contribution in [2.45, 2.75) is 19.3 Å².